The number of aliphatic hydroxyl groups is 1. The Morgan fingerprint density at radius 2 is 2.14 bits per heavy atom. The van der Waals surface area contributed by atoms with Crippen molar-refractivity contribution in [1.29, 1.82) is 0 Å². The predicted octanol–water partition coefficient (Wildman–Crippen LogP) is 2.28. The van der Waals surface area contributed by atoms with Crippen LogP contribution in [0.1, 0.15) is 18.0 Å². The van der Waals surface area contributed by atoms with Crippen LogP contribution in [0.4, 0.5) is 4.39 Å². The third kappa shape index (κ3) is 3.42. The van der Waals surface area contributed by atoms with E-state index < -0.39 is 5.82 Å². The first-order valence-electron chi connectivity index (χ1n) is 3.96. The zero-order chi connectivity index (χ0) is 9.84. The fourth-order valence-corrected chi connectivity index (χ4v) is 1.24. The number of halogens is 3. The lowest BCUT2D eigenvalue weighted by Crippen LogP contribution is -2.11. The van der Waals surface area contributed by atoms with E-state index in [2.05, 4.69) is 0 Å². The lowest BCUT2D eigenvalue weighted by atomic mass is 10.1. The molecule has 0 bridgehead atoms. The van der Waals surface area contributed by atoms with Crippen molar-refractivity contribution in [3.8, 4) is 0 Å². The second-order valence-corrected chi connectivity index (χ2v) is 3.20. The molecule has 1 aromatic rings. The normalized spacial score (nSPS) is 12.0. The Balaban J connectivity index is 0.00000169. The van der Waals surface area contributed by atoms with Gasteiger partial charge in [0.25, 0.3) is 0 Å². The van der Waals surface area contributed by atoms with Gasteiger partial charge in [0.05, 0.1) is 5.02 Å². The second-order valence-electron chi connectivity index (χ2n) is 2.79. The molecule has 3 N–H and O–H groups in total. The summed E-state index contributed by atoms with van der Waals surface area (Å²) >= 11 is 5.57. The van der Waals surface area contributed by atoms with Gasteiger partial charge in [-0.2, -0.15) is 0 Å². The van der Waals surface area contributed by atoms with Gasteiger partial charge in [-0.05, 0) is 24.1 Å². The summed E-state index contributed by atoms with van der Waals surface area (Å²) in [5, 5.41) is 8.70. The van der Waals surface area contributed by atoms with Gasteiger partial charge in [-0.25, -0.2) is 4.39 Å². The topological polar surface area (TPSA) is 46.2 Å². The van der Waals surface area contributed by atoms with Crippen LogP contribution in [-0.4, -0.2) is 11.7 Å². The average molecular weight is 240 g/mol. The van der Waals surface area contributed by atoms with Crippen LogP contribution in [0.25, 0.3) is 0 Å². The van der Waals surface area contributed by atoms with Crippen molar-refractivity contribution in [3.63, 3.8) is 0 Å². The highest BCUT2D eigenvalue weighted by Crippen LogP contribution is 2.20. The number of nitrogens with two attached hydrogens (primary N) is 1. The Bertz CT molecular complexity index is 296. The summed E-state index contributed by atoms with van der Waals surface area (Å²) in [4.78, 5) is 0. The summed E-state index contributed by atoms with van der Waals surface area (Å²) < 4.78 is 12.7. The summed E-state index contributed by atoms with van der Waals surface area (Å²) in [6.07, 6.45) is 0.446. The van der Waals surface area contributed by atoms with E-state index >= 15 is 0 Å². The minimum Gasteiger partial charge on any atom is -0.396 e. The maximum absolute atomic E-state index is 12.7. The van der Waals surface area contributed by atoms with Crippen molar-refractivity contribution in [3.05, 3.63) is 34.6 Å². The van der Waals surface area contributed by atoms with Crippen molar-refractivity contribution in [2.45, 2.75) is 12.5 Å². The van der Waals surface area contributed by atoms with E-state index in [0.717, 1.165) is 5.56 Å². The highest BCUT2D eigenvalue weighted by Gasteiger charge is 2.07. The van der Waals surface area contributed by atoms with E-state index in [0.29, 0.717) is 6.42 Å². The summed E-state index contributed by atoms with van der Waals surface area (Å²) in [5.74, 6) is -0.457. The third-order valence-electron chi connectivity index (χ3n) is 1.81. The molecule has 0 unspecified atom stereocenters. The molecule has 5 heteroatoms. The van der Waals surface area contributed by atoms with E-state index in [9.17, 15) is 4.39 Å². The van der Waals surface area contributed by atoms with Crippen LogP contribution in [-0.2, 0) is 0 Å². The highest BCUT2D eigenvalue weighted by molar-refractivity contribution is 6.30. The Kier molecular flexibility index (Phi) is 6.04. The van der Waals surface area contributed by atoms with Gasteiger partial charge in [0.1, 0.15) is 5.82 Å². The molecule has 1 atom stereocenters. The maximum Gasteiger partial charge on any atom is 0.141 e. The molecule has 0 aliphatic carbocycles. The summed E-state index contributed by atoms with van der Waals surface area (Å²) in [6.45, 7) is 0.0101. The first-order valence-corrected chi connectivity index (χ1v) is 4.34. The van der Waals surface area contributed by atoms with Crippen molar-refractivity contribution < 1.29 is 9.50 Å². The Morgan fingerprint density at radius 3 is 2.64 bits per heavy atom. The van der Waals surface area contributed by atoms with Gasteiger partial charge in [0.2, 0.25) is 0 Å². The zero-order valence-corrected chi connectivity index (χ0v) is 8.98. The monoisotopic (exact) mass is 239 g/mol. The molecule has 0 radical (unpaired) electrons. The molecule has 1 rings (SSSR count). The lowest BCUT2D eigenvalue weighted by Gasteiger charge is -2.10. The number of benzene rings is 1. The smallest absolute Gasteiger partial charge is 0.141 e. The maximum atomic E-state index is 12.7. The standard InChI is InChI=1S/C9H11ClFNO.ClH/c10-7-5-6(1-2-8(7)11)9(12)3-4-13;/h1-2,5,9,13H,3-4,12H2;1H/t9-;/m1./s1. The number of hydrogen-bond donors (Lipinski definition) is 2. The van der Waals surface area contributed by atoms with Gasteiger partial charge in [-0.3, -0.25) is 0 Å². The van der Waals surface area contributed by atoms with Crippen LogP contribution in [0, 0.1) is 5.82 Å². The first kappa shape index (κ1) is 13.7. The molecule has 80 valence electrons. The largest absolute Gasteiger partial charge is 0.396 e. The molecule has 2 nitrogen and oxygen atoms in total. The van der Waals surface area contributed by atoms with Crippen molar-refractivity contribution in [2.75, 3.05) is 6.61 Å². The van der Waals surface area contributed by atoms with E-state index in [1.54, 1.807) is 6.07 Å². The molecule has 1 aromatic carbocycles. The molecular formula is C9H12Cl2FNO. The number of hydrogen-bond acceptors (Lipinski definition) is 2. The molecule has 0 saturated heterocycles. The van der Waals surface area contributed by atoms with Crippen LogP contribution in [0.3, 0.4) is 0 Å². The Labute approximate surface area is 93.3 Å². The molecule has 0 aliphatic rings. The lowest BCUT2D eigenvalue weighted by molar-refractivity contribution is 0.276. The van der Waals surface area contributed by atoms with E-state index in [-0.39, 0.29) is 30.1 Å². The quantitative estimate of drug-likeness (QED) is 0.851. The van der Waals surface area contributed by atoms with Crippen molar-refractivity contribution in [1.82, 2.24) is 0 Å². The van der Waals surface area contributed by atoms with E-state index in [4.69, 9.17) is 22.4 Å². The average Bonchev–Trinajstić information content (AvgIpc) is 2.10. The first-order chi connectivity index (χ1) is 6.15. The van der Waals surface area contributed by atoms with Crippen LogP contribution < -0.4 is 5.73 Å². The van der Waals surface area contributed by atoms with Gasteiger partial charge < -0.3 is 10.8 Å². The fraction of sp³-hybridized carbons (Fsp3) is 0.333. The third-order valence-corrected chi connectivity index (χ3v) is 2.10. The van der Waals surface area contributed by atoms with Crippen LogP contribution in [0.5, 0.6) is 0 Å². The predicted molar refractivity (Wildman–Crippen MR) is 57.3 cm³/mol. The summed E-state index contributed by atoms with van der Waals surface area (Å²) in [5.41, 5.74) is 6.42. The van der Waals surface area contributed by atoms with Crippen LogP contribution >= 0.6 is 24.0 Å². The van der Waals surface area contributed by atoms with Crippen molar-refractivity contribution in [2.24, 2.45) is 5.73 Å². The minimum absolute atomic E-state index is 0. The molecule has 0 saturated carbocycles. The Morgan fingerprint density at radius 1 is 1.50 bits per heavy atom. The Hall–Kier alpha value is -0.350. The van der Waals surface area contributed by atoms with Crippen LogP contribution in [0.15, 0.2) is 18.2 Å². The molecular weight excluding hydrogens is 228 g/mol. The van der Waals surface area contributed by atoms with Crippen LogP contribution in [0.2, 0.25) is 5.02 Å². The molecule has 0 spiro atoms. The highest BCUT2D eigenvalue weighted by atomic mass is 35.5. The summed E-state index contributed by atoms with van der Waals surface area (Å²) in [6, 6.07) is 4.04. The molecule has 14 heavy (non-hydrogen) atoms. The van der Waals surface area contributed by atoms with Gasteiger partial charge in [-0.1, -0.05) is 17.7 Å². The molecule has 0 aliphatic heterocycles. The molecule has 0 amide bonds. The number of aliphatic hydroxyl groups excluding tert-OH is 1. The van der Waals surface area contributed by atoms with Gasteiger partial charge >= 0.3 is 0 Å². The van der Waals surface area contributed by atoms with Gasteiger partial charge in [0, 0.05) is 12.6 Å². The summed E-state index contributed by atoms with van der Waals surface area (Å²) in [7, 11) is 0. The van der Waals surface area contributed by atoms with Gasteiger partial charge in [-0.15, -0.1) is 12.4 Å². The molecule has 0 heterocycles. The van der Waals surface area contributed by atoms with E-state index in [1.807, 2.05) is 0 Å². The fourth-order valence-electron chi connectivity index (χ4n) is 1.05. The van der Waals surface area contributed by atoms with Crippen molar-refractivity contribution >= 4 is 24.0 Å². The van der Waals surface area contributed by atoms with E-state index in [1.165, 1.54) is 12.1 Å². The van der Waals surface area contributed by atoms with Gasteiger partial charge in [0.15, 0.2) is 0 Å². The minimum atomic E-state index is -0.457. The molecule has 0 fully saturated rings. The zero-order valence-electron chi connectivity index (χ0n) is 7.41. The number of rotatable bonds is 3. The SMILES string of the molecule is Cl.N[C@H](CCO)c1ccc(F)c(Cl)c1. The molecule has 0 aromatic heterocycles. The second kappa shape index (κ2) is 6.19.